The molecule has 1 aromatic rings. The average Bonchev–Trinajstić information content (AvgIpc) is 2.38. The third-order valence-electron chi connectivity index (χ3n) is 2.38. The Bertz CT molecular complexity index is 475. The zero-order valence-corrected chi connectivity index (χ0v) is 12.0. The summed E-state index contributed by atoms with van der Waals surface area (Å²) >= 11 is 1.55. The van der Waals surface area contributed by atoms with Gasteiger partial charge in [-0.3, -0.25) is 9.59 Å². The molecule has 104 valence electrons. The molecular weight excluding hydrogens is 264 g/mol. The largest absolute Gasteiger partial charge is 0.394 e. The van der Waals surface area contributed by atoms with Gasteiger partial charge in [0.2, 0.25) is 0 Å². The lowest BCUT2D eigenvalue weighted by Gasteiger charge is -2.22. The van der Waals surface area contributed by atoms with Crippen LogP contribution < -0.4 is 10.6 Å². The first-order chi connectivity index (χ1) is 8.88. The van der Waals surface area contributed by atoms with Gasteiger partial charge >= 0.3 is 11.8 Å². The van der Waals surface area contributed by atoms with Gasteiger partial charge in [0.1, 0.15) is 0 Å². The lowest BCUT2D eigenvalue weighted by Crippen LogP contribution is -2.50. The second-order valence-electron chi connectivity index (χ2n) is 4.68. The maximum atomic E-state index is 11.7. The van der Waals surface area contributed by atoms with Crippen molar-refractivity contribution in [1.29, 1.82) is 0 Å². The van der Waals surface area contributed by atoms with Crippen LogP contribution >= 0.6 is 11.8 Å². The molecule has 0 atom stereocenters. The Labute approximate surface area is 116 Å². The molecule has 0 aliphatic rings. The zero-order chi connectivity index (χ0) is 14.5. The molecule has 3 N–H and O–H groups in total. The Morgan fingerprint density at radius 3 is 2.58 bits per heavy atom. The summed E-state index contributed by atoms with van der Waals surface area (Å²) in [6, 6.07) is 7.21. The number of benzene rings is 1. The molecular formula is C13H18N2O3S. The lowest BCUT2D eigenvalue weighted by atomic mass is 10.1. The normalized spacial score (nSPS) is 10.9. The summed E-state index contributed by atoms with van der Waals surface area (Å²) in [5.41, 5.74) is -0.260. The van der Waals surface area contributed by atoms with E-state index >= 15 is 0 Å². The van der Waals surface area contributed by atoms with E-state index in [9.17, 15) is 9.59 Å². The number of nitrogens with one attached hydrogen (secondary N) is 2. The summed E-state index contributed by atoms with van der Waals surface area (Å²) in [5, 5.41) is 14.0. The topological polar surface area (TPSA) is 78.4 Å². The molecule has 1 rings (SSSR count). The molecule has 5 nitrogen and oxygen atoms in total. The fourth-order valence-electron chi connectivity index (χ4n) is 1.29. The van der Waals surface area contributed by atoms with Crippen LogP contribution in [0.3, 0.4) is 0 Å². The van der Waals surface area contributed by atoms with E-state index in [1.165, 1.54) is 0 Å². The second kappa shape index (κ2) is 6.58. The van der Waals surface area contributed by atoms with Crippen LogP contribution in [0.2, 0.25) is 0 Å². The number of carbonyl (C=O) groups is 2. The van der Waals surface area contributed by atoms with Gasteiger partial charge in [0.25, 0.3) is 0 Å². The fourth-order valence-corrected chi connectivity index (χ4v) is 1.75. The molecule has 0 saturated carbocycles. The Kier molecular flexibility index (Phi) is 5.38. The molecule has 6 heteroatoms. The highest BCUT2D eigenvalue weighted by Gasteiger charge is 2.23. The molecule has 0 heterocycles. The third-order valence-corrected chi connectivity index (χ3v) is 3.11. The molecule has 0 radical (unpaired) electrons. The van der Waals surface area contributed by atoms with Crippen molar-refractivity contribution in [3.05, 3.63) is 24.3 Å². The van der Waals surface area contributed by atoms with E-state index in [2.05, 4.69) is 10.6 Å². The van der Waals surface area contributed by atoms with Crippen LogP contribution in [0.5, 0.6) is 0 Å². The minimum atomic E-state index is -0.824. The maximum absolute atomic E-state index is 11.7. The Balaban J connectivity index is 2.66. The smallest absolute Gasteiger partial charge is 0.313 e. The van der Waals surface area contributed by atoms with Gasteiger partial charge < -0.3 is 15.7 Å². The van der Waals surface area contributed by atoms with Crippen molar-refractivity contribution < 1.29 is 14.7 Å². The van der Waals surface area contributed by atoms with Crippen LogP contribution in [0.15, 0.2) is 29.2 Å². The van der Waals surface area contributed by atoms with Gasteiger partial charge in [-0.15, -0.1) is 11.8 Å². The number of carbonyl (C=O) groups excluding carboxylic acids is 2. The summed E-state index contributed by atoms with van der Waals surface area (Å²) in [7, 11) is 0. The van der Waals surface area contributed by atoms with Gasteiger partial charge in [-0.1, -0.05) is 6.07 Å². The minimum absolute atomic E-state index is 0.242. The first-order valence-electron chi connectivity index (χ1n) is 5.76. The van der Waals surface area contributed by atoms with Crippen molar-refractivity contribution in [2.24, 2.45) is 0 Å². The van der Waals surface area contributed by atoms with E-state index in [0.29, 0.717) is 5.69 Å². The highest BCUT2D eigenvalue weighted by atomic mass is 32.2. The van der Waals surface area contributed by atoms with Crippen molar-refractivity contribution in [2.45, 2.75) is 24.3 Å². The van der Waals surface area contributed by atoms with Gasteiger partial charge in [0.05, 0.1) is 12.1 Å². The van der Waals surface area contributed by atoms with E-state index < -0.39 is 17.4 Å². The maximum Gasteiger partial charge on any atom is 0.313 e. The second-order valence-corrected chi connectivity index (χ2v) is 5.56. The minimum Gasteiger partial charge on any atom is -0.394 e. The molecule has 0 aromatic heterocycles. The summed E-state index contributed by atoms with van der Waals surface area (Å²) < 4.78 is 0. The van der Waals surface area contributed by atoms with Gasteiger partial charge in [-0.25, -0.2) is 0 Å². The lowest BCUT2D eigenvalue weighted by molar-refractivity contribution is -0.137. The number of amides is 2. The monoisotopic (exact) mass is 282 g/mol. The van der Waals surface area contributed by atoms with Crippen LogP contribution in [-0.2, 0) is 9.59 Å². The first-order valence-corrected chi connectivity index (χ1v) is 6.99. The van der Waals surface area contributed by atoms with E-state index in [-0.39, 0.29) is 6.61 Å². The van der Waals surface area contributed by atoms with Crippen molar-refractivity contribution >= 4 is 29.3 Å². The Morgan fingerprint density at radius 2 is 2.00 bits per heavy atom. The van der Waals surface area contributed by atoms with Crippen LogP contribution in [0.4, 0.5) is 5.69 Å². The molecule has 0 bridgehead atoms. The SMILES string of the molecule is CSc1cccc(NC(=O)C(=O)NC(C)(C)CO)c1. The number of hydrogen-bond acceptors (Lipinski definition) is 4. The van der Waals surface area contributed by atoms with E-state index in [0.717, 1.165) is 4.90 Å². The van der Waals surface area contributed by atoms with Gasteiger partial charge in [-0.2, -0.15) is 0 Å². The number of thioether (sulfide) groups is 1. The molecule has 0 aliphatic heterocycles. The van der Waals surface area contributed by atoms with Crippen molar-refractivity contribution in [2.75, 3.05) is 18.2 Å². The number of hydrogen-bond donors (Lipinski definition) is 3. The Hall–Kier alpha value is -1.53. The van der Waals surface area contributed by atoms with Crippen molar-refractivity contribution in [3.63, 3.8) is 0 Å². The molecule has 0 fully saturated rings. The van der Waals surface area contributed by atoms with E-state index in [4.69, 9.17) is 5.11 Å². The van der Waals surface area contributed by atoms with Crippen molar-refractivity contribution in [3.8, 4) is 0 Å². The summed E-state index contributed by atoms with van der Waals surface area (Å²) in [6.45, 7) is 3.02. The summed E-state index contributed by atoms with van der Waals surface area (Å²) in [5.74, 6) is -1.52. The van der Waals surface area contributed by atoms with E-state index in [1.807, 2.05) is 12.3 Å². The quantitative estimate of drug-likeness (QED) is 0.573. The van der Waals surface area contributed by atoms with Gasteiger partial charge in [-0.05, 0) is 38.3 Å². The van der Waals surface area contributed by atoms with Gasteiger partial charge in [0, 0.05) is 10.6 Å². The van der Waals surface area contributed by atoms with Crippen LogP contribution in [-0.4, -0.2) is 35.3 Å². The predicted octanol–water partition coefficient (Wildman–Crippen LogP) is 1.23. The number of aliphatic hydroxyl groups excluding tert-OH is 1. The number of anilines is 1. The summed E-state index contributed by atoms with van der Waals surface area (Å²) in [4.78, 5) is 24.3. The average molecular weight is 282 g/mol. The number of rotatable bonds is 4. The standard InChI is InChI=1S/C13H18N2O3S/c1-13(2,8-16)15-12(18)11(17)14-9-5-4-6-10(7-9)19-3/h4-7,16H,8H2,1-3H3,(H,14,17)(H,15,18). The fraction of sp³-hybridized carbons (Fsp3) is 0.385. The Morgan fingerprint density at radius 1 is 1.32 bits per heavy atom. The summed E-state index contributed by atoms with van der Waals surface area (Å²) in [6.07, 6.45) is 1.93. The molecule has 2 amide bonds. The van der Waals surface area contributed by atoms with Crippen LogP contribution in [0.1, 0.15) is 13.8 Å². The molecule has 0 spiro atoms. The molecule has 0 unspecified atom stereocenters. The van der Waals surface area contributed by atoms with Crippen LogP contribution in [0, 0.1) is 0 Å². The predicted molar refractivity (Wildman–Crippen MR) is 76.2 cm³/mol. The highest BCUT2D eigenvalue weighted by molar-refractivity contribution is 7.98. The number of aliphatic hydroxyl groups is 1. The van der Waals surface area contributed by atoms with Crippen LogP contribution in [0.25, 0.3) is 0 Å². The zero-order valence-electron chi connectivity index (χ0n) is 11.2. The first kappa shape index (κ1) is 15.5. The molecule has 0 saturated heterocycles. The third kappa shape index (κ3) is 4.92. The molecule has 1 aromatic carbocycles. The highest BCUT2D eigenvalue weighted by Crippen LogP contribution is 2.18. The molecule has 0 aliphatic carbocycles. The molecule has 19 heavy (non-hydrogen) atoms. The van der Waals surface area contributed by atoms with Gasteiger partial charge in [0.15, 0.2) is 0 Å². The van der Waals surface area contributed by atoms with Crippen molar-refractivity contribution in [1.82, 2.24) is 5.32 Å². The van der Waals surface area contributed by atoms with E-state index in [1.54, 1.807) is 43.8 Å².